The fourth-order valence-corrected chi connectivity index (χ4v) is 5.28. The maximum Gasteiger partial charge on any atom is 0.301 e. The van der Waals surface area contributed by atoms with Gasteiger partial charge < -0.3 is 14.6 Å². The number of carbonyl (C=O) groups is 2. The van der Waals surface area contributed by atoms with E-state index in [4.69, 9.17) is 9.47 Å². The molecule has 182 valence electrons. The minimum atomic E-state index is -0.854. The molecule has 1 unspecified atom stereocenters. The normalized spacial score (nSPS) is 17.1. The number of hydrogen-bond acceptors (Lipinski definition) is 7. The standard InChI is InChI=1S/C28H24N2O5S/c1-3-34-19-12-10-17(11-13-19)24-23(25(31)18-8-6-5-7-9-18)26(32)27(33)30(24)28-29-21-15-14-20(35-4-2)16-22(21)36-28/h5-16,24,31H,3-4H2,1-2H3. The van der Waals surface area contributed by atoms with Crippen molar-refractivity contribution in [1.82, 2.24) is 4.98 Å². The molecule has 3 aromatic carbocycles. The minimum absolute atomic E-state index is 0.0182. The lowest BCUT2D eigenvalue weighted by Gasteiger charge is -2.23. The molecule has 2 heterocycles. The van der Waals surface area contributed by atoms with Crippen molar-refractivity contribution in [2.24, 2.45) is 0 Å². The maximum atomic E-state index is 13.4. The summed E-state index contributed by atoms with van der Waals surface area (Å²) in [6.45, 7) is 4.85. The zero-order valence-corrected chi connectivity index (χ0v) is 20.6. The Balaban J connectivity index is 1.67. The summed E-state index contributed by atoms with van der Waals surface area (Å²) >= 11 is 1.29. The highest BCUT2D eigenvalue weighted by atomic mass is 32.1. The highest BCUT2D eigenvalue weighted by Gasteiger charge is 2.48. The predicted octanol–water partition coefficient (Wildman–Crippen LogP) is 5.72. The van der Waals surface area contributed by atoms with Gasteiger partial charge in [0.15, 0.2) is 5.13 Å². The second kappa shape index (κ2) is 9.83. The van der Waals surface area contributed by atoms with Crippen LogP contribution in [0.2, 0.25) is 0 Å². The molecule has 1 atom stereocenters. The number of benzene rings is 3. The second-order valence-electron chi connectivity index (χ2n) is 8.10. The third-order valence-corrected chi connectivity index (χ3v) is 6.88. The van der Waals surface area contributed by atoms with Crippen LogP contribution in [-0.2, 0) is 9.59 Å². The van der Waals surface area contributed by atoms with Crippen LogP contribution in [0.1, 0.15) is 31.0 Å². The van der Waals surface area contributed by atoms with Crippen LogP contribution >= 0.6 is 11.3 Å². The number of hydrogen-bond donors (Lipinski definition) is 1. The van der Waals surface area contributed by atoms with Crippen molar-refractivity contribution in [1.29, 1.82) is 0 Å². The fourth-order valence-electron chi connectivity index (χ4n) is 4.26. The van der Waals surface area contributed by atoms with E-state index >= 15 is 0 Å². The lowest BCUT2D eigenvalue weighted by molar-refractivity contribution is -0.132. The summed E-state index contributed by atoms with van der Waals surface area (Å²) in [6, 6.07) is 20.6. The molecule has 0 bridgehead atoms. The van der Waals surface area contributed by atoms with Crippen molar-refractivity contribution >= 4 is 44.1 Å². The Labute approximate surface area is 212 Å². The third kappa shape index (κ3) is 4.20. The molecule has 36 heavy (non-hydrogen) atoms. The molecule has 5 rings (SSSR count). The average Bonchev–Trinajstić information content (AvgIpc) is 3.43. The number of Topliss-reactive ketones (excluding diaryl/α,β-unsaturated/α-hetero) is 1. The number of ketones is 1. The van der Waals surface area contributed by atoms with Gasteiger partial charge in [0, 0.05) is 5.56 Å². The number of anilines is 1. The van der Waals surface area contributed by atoms with E-state index < -0.39 is 17.7 Å². The van der Waals surface area contributed by atoms with Gasteiger partial charge >= 0.3 is 5.91 Å². The van der Waals surface area contributed by atoms with Crippen LogP contribution in [0, 0.1) is 0 Å². The molecule has 1 saturated heterocycles. The number of rotatable bonds is 7. The molecule has 0 radical (unpaired) electrons. The maximum absolute atomic E-state index is 13.4. The second-order valence-corrected chi connectivity index (χ2v) is 9.11. The van der Waals surface area contributed by atoms with Gasteiger partial charge in [0.1, 0.15) is 17.3 Å². The summed E-state index contributed by atoms with van der Waals surface area (Å²) in [4.78, 5) is 32.8. The molecule has 1 amide bonds. The first kappa shape index (κ1) is 23.6. The van der Waals surface area contributed by atoms with Gasteiger partial charge in [-0.3, -0.25) is 14.5 Å². The number of ether oxygens (including phenoxy) is 2. The quantitative estimate of drug-likeness (QED) is 0.198. The van der Waals surface area contributed by atoms with Crippen LogP contribution in [0.3, 0.4) is 0 Å². The minimum Gasteiger partial charge on any atom is -0.507 e. The Morgan fingerprint density at radius 1 is 0.944 bits per heavy atom. The number of fused-ring (bicyclic) bond motifs is 1. The molecule has 1 aliphatic rings. The van der Waals surface area contributed by atoms with Gasteiger partial charge in [0.05, 0.1) is 35.0 Å². The van der Waals surface area contributed by atoms with E-state index in [0.717, 1.165) is 4.70 Å². The predicted molar refractivity (Wildman–Crippen MR) is 140 cm³/mol. The van der Waals surface area contributed by atoms with Crippen molar-refractivity contribution in [3.63, 3.8) is 0 Å². The monoisotopic (exact) mass is 500 g/mol. The summed E-state index contributed by atoms with van der Waals surface area (Å²) in [5.74, 6) is -0.353. The van der Waals surface area contributed by atoms with Gasteiger partial charge in [-0.15, -0.1) is 0 Å². The Bertz CT molecular complexity index is 1460. The number of nitrogens with zero attached hydrogens (tertiary/aromatic N) is 2. The molecule has 8 heteroatoms. The zero-order valence-electron chi connectivity index (χ0n) is 19.8. The van der Waals surface area contributed by atoms with E-state index in [0.29, 0.717) is 46.5 Å². The van der Waals surface area contributed by atoms with Gasteiger partial charge in [0.2, 0.25) is 0 Å². The fraction of sp³-hybridized carbons (Fsp3) is 0.179. The highest BCUT2D eigenvalue weighted by Crippen LogP contribution is 2.44. The number of amides is 1. The number of thiazole rings is 1. The lowest BCUT2D eigenvalue weighted by atomic mass is 9.95. The number of aliphatic hydroxyl groups excluding tert-OH is 1. The number of aromatic nitrogens is 1. The lowest BCUT2D eigenvalue weighted by Crippen LogP contribution is -2.29. The average molecular weight is 501 g/mol. The van der Waals surface area contributed by atoms with Crippen molar-refractivity contribution in [3.05, 3.63) is 89.5 Å². The van der Waals surface area contributed by atoms with Gasteiger partial charge in [-0.25, -0.2) is 4.98 Å². The van der Waals surface area contributed by atoms with Crippen LogP contribution in [0.25, 0.3) is 16.0 Å². The van der Waals surface area contributed by atoms with Gasteiger partial charge in [0.25, 0.3) is 5.78 Å². The molecule has 7 nitrogen and oxygen atoms in total. The smallest absolute Gasteiger partial charge is 0.301 e. The number of aliphatic hydroxyl groups is 1. The third-order valence-electron chi connectivity index (χ3n) is 5.86. The molecule has 1 N–H and O–H groups in total. The van der Waals surface area contributed by atoms with E-state index in [1.54, 1.807) is 48.5 Å². The Morgan fingerprint density at radius 3 is 2.31 bits per heavy atom. The first-order valence-electron chi connectivity index (χ1n) is 11.6. The molecule has 1 aromatic heterocycles. The highest BCUT2D eigenvalue weighted by molar-refractivity contribution is 7.22. The first-order valence-corrected chi connectivity index (χ1v) is 12.5. The van der Waals surface area contributed by atoms with Gasteiger partial charge in [-0.1, -0.05) is 53.8 Å². The molecular weight excluding hydrogens is 476 g/mol. The zero-order chi connectivity index (χ0) is 25.2. The van der Waals surface area contributed by atoms with Crippen LogP contribution in [-0.4, -0.2) is 35.0 Å². The first-order chi connectivity index (χ1) is 17.5. The van der Waals surface area contributed by atoms with Crippen LogP contribution in [0.4, 0.5) is 5.13 Å². The Morgan fingerprint density at radius 2 is 1.61 bits per heavy atom. The topological polar surface area (TPSA) is 89.0 Å². The largest absolute Gasteiger partial charge is 0.507 e. The van der Waals surface area contributed by atoms with Gasteiger partial charge in [-0.2, -0.15) is 0 Å². The van der Waals surface area contributed by atoms with E-state index in [1.165, 1.54) is 16.2 Å². The number of carbonyl (C=O) groups excluding carboxylic acids is 2. The molecule has 4 aromatic rings. The van der Waals surface area contributed by atoms with Crippen LogP contribution in [0.5, 0.6) is 11.5 Å². The SMILES string of the molecule is CCOc1ccc(C2C(=C(O)c3ccccc3)C(=O)C(=O)N2c2nc3ccc(OCC)cc3s2)cc1. The van der Waals surface area contributed by atoms with Crippen molar-refractivity contribution in [2.75, 3.05) is 18.1 Å². The summed E-state index contributed by atoms with van der Waals surface area (Å²) in [5, 5.41) is 11.6. The van der Waals surface area contributed by atoms with Crippen LogP contribution < -0.4 is 14.4 Å². The van der Waals surface area contributed by atoms with E-state index in [9.17, 15) is 14.7 Å². The molecular formula is C28H24N2O5S. The molecule has 0 saturated carbocycles. The van der Waals surface area contributed by atoms with Crippen LogP contribution in [0.15, 0.2) is 78.4 Å². The van der Waals surface area contributed by atoms with E-state index in [-0.39, 0.29) is 11.3 Å². The van der Waals surface area contributed by atoms with Crippen molar-refractivity contribution in [3.8, 4) is 11.5 Å². The molecule has 1 aliphatic heterocycles. The summed E-state index contributed by atoms with van der Waals surface area (Å²) < 4.78 is 12.0. The molecule has 1 fully saturated rings. The Hall–Kier alpha value is -4.17. The molecule has 0 aliphatic carbocycles. The summed E-state index contributed by atoms with van der Waals surface area (Å²) in [7, 11) is 0. The van der Waals surface area contributed by atoms with E-state index in [1.807, 2.05) is 38.1 Å². The van der Waals surface area contributed by atoms with Gasteiger partial charge in [-0.05, 0) is 49.7 Å². The molecule has 0 spiro atoms. The van der Waals surface area contributed by atoms with Crippen molar-refractivity contribution < 1.29 is 24.2 Å². The summed E-state index contributed by atoms with van der Waals surface area (Å²) in [6.07, 6.45) is 0. The van der Waals surface area contributed by atoms with E-state index in [2.05, 4.69) is 4.98 Å². The Kier molecular flexibility index (Phi) is 6.43. The summed E-state index contributed by atoms with van der Waals surface area (Å²) in [5.41, 5.74) is 1.82. The van der Waals surface area contributed by atoms with Crippen molar-refractivity contribution in [2.45, 2.75) is 19.9 Å².